The molecule has 0 saturated heterocycles. The van der Waals surface area contributed by atoms with Gasteiger partial charge in [-0.1, -0.05) is 80.3 Å². The van der Waals surface area contributed by atoms with Crippen molar-refractivity contribution in [1.29, 1.82) is 0 Å². The second-order valence-electron chi connectivity index (χ2n) is 5.44. The van der Waals surface area contributed by atoms with Crippen LogP contribution in [0, 0.1) is 0 Å². The number of benzene rings is 2. The van der Waals surface area contributed by atoms with Gasteiger partial charge in [0.2, 0.25) is 0 Å². The van der Waals surface area contributed by atoms with Gasteiger partial charge in [0.25, 0.3) is 0 Å². The third-order valence-corrected chi connectivity index (χ3v) is 12.3. The zero-order chi connectivity index (χ0) is 13.9. The van der Waals surface area contributed by atoms with Gasteiger partial charge < -0.3 is 4.23 Å². The van der Waals surface area contributed by atoms with E-state index in [9.17, 15) is 0 Å². The van der Waals surface area contributed by atoms with Crippen molar-refractivity contribution in [3.8, 4) is 0 Å². The van der Waals surface area contributed by atoms with Crippen LogP contribution in [-0.2, 0) is 0 Å². The first-order chi connectivity index (χ1) is 9.03. The Kier molecular flexibility index (Phi) is 4.40. The highest BCUT2D eigenvalue weighted by Gasteiger charge is 2.32. The van der Waals surface area contributed by atoms with Crippen molar-refractivity contribution in [2.24, 2.45) is 0 Å². The summed E-state index contributed by atoms with van der Waals surface area (Å²) in [5.41, 5.74) is 0. The Morgan fingerprint density at radius 1 is 0.842 bits per heavy atom. The van der Waals surface area contributed by atoms with Crippen molar-refractivity contribution in [3.05, 3.63) is 60.7 Å². The zero-order valence-electron chi connectivity index (χ0n) is 12.2. The van der Waals surface area contributed by atoms with E-state index in [-0.39, 0.29) is 0 Å². The quantitative estimate of drug-likeness (QED) is 0.780. The fraction of sp³-hybridized carbons (Fsp3) is 0.250. The Labute approximate surface area is 119 Å². The number of rotatable bonds is 4. The maximum Gasteiger partial charge on any atom is 0.162 e. The third kappa shape index (κ3) is 3.05. The van der Waals surface area contributed by atoms with Gasteiger partial charge in [-0.25, -0.2) is 0 Å². The topological polar surface area (TPSA) is 3.24 Å². The predicted octanol–water partition coefficient (Wildman–Crippen LogP) is 2.56. The van der Waals surface area contributed by atoms with Crippen LogP contribution in [0.1, 0.15) is 0 Å². The first-order valence-electron chi connectivity index (χ1n) is 6.72. The van der Waals surface area contributed by atoms with Gasteiger partial charge in [-0.3, -0.25) is 0 Å². The maximum absolute atomic E-state index is 2.67. The van der Waals surface area contributed by atoms with E-state index in [0.29, 0.717) is 0 Å². The standard InChI is InChI=1S/C16H22NSi2/c1-17(18(2)15-11-7-5-8-12-15)19(3,4)16-13-9-6-10-14-16/h5-14H,1-4H3. The van der Waals surface area contributed by atoms with E-state index in [2.05, 4.69) is 91.6 Å². The number of hydrogen-bond donors (Lipinski definition) is 0. The molecular formula is C16H22NSi2. The van der Waals surface area contributed by atoms with E-state index >= 15 is 0 Å². The van der Waals surface area contributed by atoms with E-state index < -0.39 is 17.2 Å². The molecule has 1 radical (unpaired) electrons. The minimum absolute atomic E-state index is 0.654. The van der Waals surface area contributed by atoms with Gasteiger partial charge in [0.15, 0.2) is 8.96 Å². The highest BCUT2D eigenvalue weighted by molar-refractivity contribution is 6.95. The Balaban J connectivity index is 2.26. The van der Waals surface area contributed by atoms with Crippen LogP contribution in [0.3, 0.4) is 0 Å². The molecule has 19 heavy (non-hydrogen) atoms. The van der Waals surface area contributed by atoms with Gasteiger partial charge in [0.05, 0.1) is 0 Å². The van der Waals surface area contributed by atoms with E-state index in [4.69, 9.17) is 0 Å². The summed E-state index contributed by atoms with van der Waals surface area (Å²) in [7, 11) is 0.102. The lowest BCUT2D eigenvalue weighted by Gasteiger charge is -2.38. The normalized spacial score (nSPS) is 12.1. The molecule has 0 aliphatic rings. The second-order valence-corrected chi connectivity index (χ2v) is 12.7. The van der Waals surface area contributed by atoms with Crippen molar-refractivity contribution in [2.45, 2.75) is 19.6 Å². The molecule has 0 unspecified atom stereocenters. The fourth-order valence-corrected chi connectivity index (χ4v) is 8.92. The van der Waals surface area contributed by atoms with Gasteiger partial charge in [-0.15, -0.1) is 0 Å². The SMILES string of the molecule is CN([Si](C)c1ccccc1)[Si](C)(C)c1ccccc1. The van der Waals surface area contributed by atoms with Gasteiger partial charge >= 0.3 is 0 Å². The Hall–Kier alpha value is -1.17. The Morgan fingerprint density at radius 2 is 1.32 bits per heavy atom. The first-order valence-corrected chi connectivity index (χ1v) is 11.6. The molecule has 1 nitrogen and oxygen atoms in total. The minimum Gasteiger partial charge on any atom is -0.342 e. The molecule has 0 saturated carbocycles. The molecule has 0 bridgehead atoms. The van der Waals surface area contributed by atoms with Crippen LogP contribution in [0.25, 0.3) is 0 Å². The molecule has 0 spiro atoms. The molecule has 0 aromatic heterocycles. The highest BCUT2D eigenvalue weighted by atomic mass is 28.4. The van der Waals surface area contributed by atoms with Crippen LogP contribution in [0.4, 0.5) is 0 Å². The smallest absolute Gasteiger partial charge is 0.162 e. The molecule has 0 N–H and O–H groups in total. The summed E-state index contributed by atoms with van der Waals surface area (Å²) in [6.45, 7) is 7.29. The number of nitrogens with zero attached hydrogens (tertiary/aromatic N) is 1. The van der Waals surface area contributed by atoms with E-state index in [1.807, 2.05) is 0 Å². The van der Waals surface area contributed by atoms with E-state index in [0.717, 1.165) is 0 Å². The summed E-state index contributed by atoms with van der Waals surface area (Å²) < 4.78 is 2.67. The van der Waals surface area contributed by atoms with Crippen LogP contribution < -0.4 is 10.4 Å². The maximum atomic E-state index is 2.67. The lowest BCUT2D eigenvalue weighted by atomic mass is 10.4. The fourth-order valence-electron chi connectivity index (χ4n) is 2.33. The van der Waals surface area contributed by atoms with Crippen LogP contribution in [0.2, 0.25) is 19.6 Å². The summed E-state index contributed by atoms with van der Waals surface area (Å²) in [6, 6.07) is 21.9. The second kappa shape index (κ2) is 5.86. The van der Waals surface area contributed by atoms with E-state index in [1.165, 1.54) is 10.4 Å². The molecule has 0 heterocycles. The molecule has 99 valence electrons. The van der Waals surface area contributed by atoms with Crippen LogP contribution in [0.5, 0.6) is 0 Å². The van der Waals surface area contributed by atoms with Crippen molar-refractivity contribution in [1.82, 2.24) is 4.23 Å². The molecule has 3 heteroatoms. The van der Waals surface area contributed by atoms with Gasteiger partial charge in [0, 0.05) is 0 Å². The van der Waals surface area contributed by atoms with Crippen molar-refractivity contribution >= 4 is 27.6 Å². The molecule has 0 atom stereocenters. The van der Waals surface area contributed by atoms with Gasteiger partial charge in [-0.05, 0) is 17.4 Å². The summed E-state index contributed by atoms with van der Waals surface area (Å²) in [6.07, 6.45) is 0. The number of hydrogen-bond acceptors (Lipinski definition) is 1. The monoisotopic (exact) mass is 284 g/mol. The third-order valence-electron chi connectivity index (χ3n) is 4.01. The molecule has 2 aromatic carbocycles. The van der Waals surface area contributed by atoms with Crippen molar-refractivity contribution < 1.29 is 0 Å². The average Bonchev–Trinajstić information content (AvgIpc) is 2.47. The van der Waals surface area contributed by atoms with Crippen molar-refractivity contribution in [2.75, 3.05) is 7.05 Å². The summed E-state index contributed by atoms with van der Waals surface area (Å²) >= 11 is 0. The lowest BCUT2D eigenvalue weighted by molar-refractivity contribution is 0.798. The largest absolute Gasteiger partial charge is 0.342 e. The lowest BCUT2D eigenvalue weighted by Crippen LogP contribution is -2.63. The molecule has 0 fully saturated rings. The van der Waals surface area contributed by atoms with Crippen LogP contribution in [-0.4, -0.2) is 28.5 Å². The molecule has 0 aliphatic carbocycles. The summed E-state index contributed by atoms with van der Waals surface area (Å²) in [4.78, 5) is 0. The summed E-state index contributed by atoms with van der Waals surface area (Å²) in [5, 5.41) is 3.00. The zero-order valence-corrected chi connectivity index (χ0v) is 14.2. The van der Waals surface area contributed by atoms with Crippen LogP contribution in [0.15, 0.2) is 60.7 Å². The predicted molar refractivity (Wildman–Crippen MR) is 89.0 cm³/mol. The first kappa shape index (κ1) is 14.2. The van der Waals surface area contributed by atoms with Crippen LogP contribution >= 0.6 is 0 Å². The molecule has 0 aliphatic heterocycles. The minimum atomic E-state index is -1.55. The Bertz CT molecular complexity index is 511. The molecular weight excluding hydrogens is 262 g/mol. The Morgan fingerprint density at radius 3 is 1.84 bits per heavy atom. The molecule has 2 rings (SSSR count). The van der Waals surface area contributed by atoms with E-state index in [1.54, 1.807) is 0 Å². The molecule has 2 aromatic rings. The average molecular weight is 285 g/mol. The highest BCUT2D eigenvalue weighted by Crippen LogP contribution is 2.10. The molecule has 0 amide bonds. The summed E-state index contributed by atoms with van der Waals surface area (Å²) in [5.74, 6) is 0. The van der Waals surface area contributed by atoms with Gasteiger partial charge in [0.1, 0.15) is 8.24 Å². The van der Waals surface area contributed by atoms with Gasteiger partial charge in [-0.2, -0.15) is 0 Å². The van der Waals surface area contributed by atoms with Crippen molar-refractivity contribution in [3.63, 3.8) is 0 Å².